The minimum absolute atomic E-state index is 0.176. The molecule has 1 aliphatic heterocycles. The maximum atomic E-state index is 12.7. The molecule has 0 atom stereocenters. The topological polar surface area (TPSA) is 41.1 Å². The predicted octanol–water partition coefficient (Wildman–Crippen LogP) is 1.63. The van der Waals surface area contributed by atoms with Crippen LogP contribution in [0.15, 0.2) is 0 Å². The fourth-order valence-electron chi connectivity index (χ4n) is 2.89. The van der Waals surface area contributed by atoms with Crippen molar-refractivity contribution in [2.45, 2.75) is 45.2 Å². The molecule has 0 aromatic heterocycles. The molecule has 4 heteroatoms. The second-order valence-corrected chi connectivity index (χ2v) is 5.53. The van der Waals surface area contributed by atoms with Gasteiger partial charge < -0.3 is 10.6 Å². The summed E-state index contributed by atoms with van der Waals surface area (Å²) in [5, 5.41) is 6.33. The maximum absolute atomic E-state index is 12.7. The Hall–Kier alpha value is -0.640. The van der Waals surface area contributed by atoms with Crippen LogP contribution in [0.25, 0.3) is 0 Å². The quantitative estimate of drug-likeness (QED) is 0.786. The van der Waals surface area contributed by atoms with E-state index in [1.807, 2.05) is 0 Å². The molecule has 17 heavy (non-hydrogen) atoms. The van der Waals surface area contributed by atoms with Gasteiger partial charge in [-0.2, -0.15) is 0 Å². The molecular weight excluding hydrogens is 219 g/mol. The summed E-state index contributed by atoms with van der Waals surface area (Å²) in [5.41, 5.74) is -0.176. The molecule has 3 nitrogen and oxygen atoms in total. The second-order valence-electron chi connectivity index (χ2n) is 5.53. The number of amides is 1. The molecule has 1 saturated heterocycles. The van der Waals surface area contributed by atoms with Crippen molar-refractivity contribution in [1.82, 2.24) is 10.6 Å². The number of nitrogens with one attached hydrogen (secondary N) is 2. The molecule has 0 spiro atoms. The molecule has 2 N–H and O–H groups in total. The van der Waals surface area contributed by atoms with E-state index in [2.05, 4.69) is 17.6 Å². The summed E-state index contributed by atoms with van der Waals surface area (Å²) >= 11 is 0. The highest BCUT2D eigenvalue weighted by Crippen LogP contribution is 2.33. The van der Waals surface area contributed by atoms with E-state index in [9.17, 15) is 9.18 Å². The average molecular weight is 242 g/mol. The highest BCUT2D eigenvalue weighted by molar-refractivity contribution is 5.82. The van der Waals surface area contributed by atoms with Gasteiger partial charge in [-0.15, -0.1) is 0 Å². The van der Waals surface area contributed by atoms with Crippen molar-refractivity contribution in [3.8, 4) is 0 Å². The van der Waals surface area contributed by atoms with Crippen LogP contribution in [-0.4, -0.2) is 31.7 Å². The number of alkyl halides is 1. The van der Waals surface area contributed by atoms with Gasteiger partial charge in [0, 0.05) is 6.54 Å². The molecule has 0 bridgehead atoms. The number of hydrogen-bond donors (Lipinski definition) is 2. The second kappa shape index (κ2) is 5.34. The van der Waals surface area contributed by atoms with E-state index in [0.717, 1.165) is 32.4 Å². The number of piperidine rings is 1. The van der Waals surface area contributed by atoms with Crippen molar-refractivity contribution in [2.75, 3.05) is 19.6 Å². The van der Waals surface area contributed by atoms with Crippen LogP contribution in [0.5, 0.6) is 0 Å². The lowest BCUT2D eigenvalue weighted by Crippen LogP contribution is -2.49. The lowest BCUT2D eigenvalue weighted by atomic mass is 9.75. The van der Waals surface area contributed by atoms with Crippen molar-refractivity contribution < 1.29 is 9.18 Å². The Bertz CT molecular complexity index is 271. The first-order valence-electron chi connectivity index (χ1n) is 6.79. The van der Waals surface area contributed by atoms with Crippen molar-refractivity contribution in [3.05, 3.63) is 0 Å². The smallest absolute Gasteiger partial charge is 0.226 e. The summed E-state index contributed by atoms with van der Waals surface area (Å²) in [4.78, 5) is 12.2. The maximum Gasteiger partial charge on any atom is 0.226 e. The Balaban J connectivity index is 1.80. The highest BCUT2D eigenvalue weighted by atomic mass is 19.1. The first-order chi connectivity index (χ1) is 8.16. The zero-order valence-electron chi connectivity index (χ0n) is 10.6. The molecule has 1 amide bonds. The molecule has 0 aromatic rings. The third-order valence-corrected chi connectivity index (χ3v) is 4.45. The van der Waals surface area contributed by atoms with Crippen LogP contribution in [0.2, 0.25) is 0 Å². The molecule has 1 saturated carbocycles. The minimum Gasteiger partial charge on any atom is -0.355 e. The van der Waals surface area contributed by atoms with Gasteiger partial charge in [-0.05, 0) is 51.1 Å². The van der Waals surface area contributed by atoms with E-state index in [4.69, 9.17) is 0 Å². The summed E-state index contributed by atoms with van der Waals surface area (Å²) in [7, 11) is 0. The average Bonchev–Trinajstić information content (AvgIpc) is 2.33. The summed E-state index contributed by atoms with van der Waals surface area (Å²) in [6.07, 6.45) is 3.37. The lowest BCUT2D eigenvalue weighted by molar-refractivity contribution is -0.133. The van der Waals surface area contributed by atoms with Gasteiger partial charge in [-0.25, -0.2) is 4.39 Å². The molecule has 0 unspecified atom stereocenters. The third-order valence-electron chi connectivity index (χ3n) is 4.45. The first kappa shape index (κ1) is 12.8. The van der Waals surface area contributed by atoms with Crippen LogP contribution in [0, 0.1) is 11.3 Å². The normalized spacial score (nSPS) is 31.6. The van der Waals surface area contributed by atoms with Crippen molar-refractivity contribution in [1.29, 1.82) is 0 Å². The molecular formula is C13H23FN2O. The Labute approximate surface area is 103 Å². The zero-order chi connectivity index (χ0) is 12.3. The van der Waals surface area contributed by atoms with Crippen LogP contribution in [-0.2, 0) is 4.79 Å². The molecule has 2 fully saturated rings. The standard InChI is InChI=1S/C13H23FN2O/c1-2-13(3-5-15-6-4-13)12(17)16-9-10-7-11(14)8-10/h10-11,15H,2-9H2,1H3,(H,16,17)/t10-,11+. The Kier molecular flexibility index (Phi) is 4.02. The molecule has 2 rings (SSSR count). The van der Waals surface area contributed by atoms with Crippen molar-refractivity contribution in [2.24, 2.45) is 11.3 Å². The fourth-order valence-corrected chi connectivity index (χ4v) is 2.89. The summed E-state index contributed by atoms with van der Waals surface area (Å²) in [6.45, 7) is 4.61. The van der Waals surface area contributed by atoms with Crippen LogP contribution in [0.3, 0.4) is 0 Å². The number of halogens is 1. The monoisotopic (exact) mass is 242 g/mol. The number of hydrogen-bond acceptors (Lipinski definition) is 2. The summed E-state index contributed by atoms with van der Waals surface area (Å²) < 4.78 is 12.7. The van der Waals surface area contributed by atoms with Gasteiger partial charge in [0.1, 0.15) is 6.17 Å². The SMILES string of the molecule is CCC1(C(=O)NC[C@H]2C[C@@H](F)C2)CCNCC1. The number of carbonyl (C=O) groups excluding carboxylic acids is 1. The predicted molar refractivity (Wildman–Crippen MR) is 65.5 cm³/mol. The Morgan fingerprint density at radius 3 is 2.59 bits per heavy atom. The minimum atomic E-state index is -0.629. The highest BCUT2D eigenvalue weighted by Gasteiger charge is 2.38. The van der Waals surface area contributed by atoms with E-state index in [-0.39, 0.29) is 11.3 Å². The zero-order valence-corrected chi connectivity index (χ0v) is 10.6. The third kappa shape index (κ3) is 2.79. The van der Waals surface area contributed by atoms with Gasteiger partial charge in [0.05, 0.1) is 5.41 Å². The first-order valence-corrected chi connectivity index (χ1v) is 6.79. The fraction of sp³-hybridized carbons (Fsp3) is 0.923. The van der Waals surface area contributed by atoms with Gasteiger partial charge in [-0.3, -0.25) is 4.79 Å². The van der Waals surface area contributed by atoms with Crippen LogP contribution < -0.4 is 10.6 Å². The van der Waals surface area contributed by atoms with Gasteiger partial charge in [0.15, 0.2) is 0 Å². The lowest BCUT2D eigenvalue weighted by Gasteiger charge is -2.37. The largest absolute Gasteiger partial charge is 0.355 e. The molecule has 0 aromatic carbocycles. The molecule has 1 aliphatic carbocycles. The van der Waals surface area contributed by atoms with Gasteiger partial charge in [0.25, 0.3) is 0 Å². The van der Waals surface area contributed by atoms with E-state index in [0.29, 0.717) is 25.3 Å². The van der Waals surface area contributed by atoms with Gasteiger partial charge >= 0.3 is 0 Å². The van der Waals surface area contributed by atoms with E-state index < -0.39 is 6.17 Å². The molecule has 98 valence electrons. The number of carbonyl (C=O) groups is 1. The number of rotatable bonds is 4. The van der Waals surface area contributed by atoms with Crippen LogP contribution >= 0.6 is 0 Å². The van der Waals surface area contributed by atoms with E-state index in [1.54, 1.807) is 0 Å². The summed E-state index contributed by atoms with van der Waals surface area (Å²) in [5.74, 6) is 0.549. The van der Waals surface area contributed by atoms with E-state index in [1.165, 1.54) is 0 Å². The van der Waals surface area contributed by atoms with Crippen LogP contribution in [0.1, 0.15) is 39.0 Å². The molecule has 2 aliphatic rings. The Morgan fingerprint density at radius 2 is 2.06 bits per heavy atom. The van der Waals surface area contributed by atoms with Crippen LogP contribution in [0.4, 0.5) is 4.39 Å². The molecule has 0 radical (unpaired) electrons. The Morgan fingerprint density at radius 1 is 1.41 bits per heavy atom. The van der Waals surface area contributed by atoms with Gasteiger partial charge in [0.2, 0.25) is 5.91 Å². The van der Waals surface area contributed by atoms with Gasteiger partial charge in [-0.1, -0.05) is 6.92 Å². The van der Waals surface area contributed by atoms with E-state index >= 15 is 0 Å². The summed E-state index contributed by atoms with van der Waals surface area (Å²) in [6, 6.07) is 0. The van der Waals surface area contributed by atoms with Crippen molar-refractivity contribution >= 4 is 5.91 Å². The molecule has 1 heterocycles. The van der Waals surface area contributed by atoms with Crippen molar-refractivity contribution in [3.63, 3.8) is 0 Å².